The first-order valence-electron chi connectivity index (χ1n) is 7.19. The first kappa shape index (κ1) is 14.8. The van der Waals surface area contributed by atoms with Crippen LogP contribution in [0.4, 0.5) is 9.18 Å². The zero-order valence-electron chi connectivity index (χ0n) is 12.4. The molecular formula is C15H18FN3O3. The van der Waals surface area contributed by atoms with Crippen LogP contribution in [0.1, 0.15) is 37.7 Å². The summed E-state index contributed by atoms with van der Waals surface area (Å²) in [6.07, 6.45) is 0.698. The van der Waals surface area contributed by atoms with Crippen molar-refractivity contribution in [1.29, 1.82) is 0 Å². The number of benzene rings is 1. The van der Waals surface area contributed by atoms with Gasteiger partial charge in [-0.25, -0.2) is 14.2 Å². The van der Waals surface area contributed by atoms with Crippen molar-refractivity contribution in [3.63, 3.8) is 0 Å². The Bertz CT molecular complexity index is 709. The first-order valence-corrected chi connectivity index (χ1v) is 7.19. The van der Waals surface area contributed by atoms with Gasteiger partial charge >= 0.3 is 6.09 Å². The van der Waals surface area contributed by atoms with Gasteiger partial charge in [0, 0.05) is 13.2 Å². The highest BCUT2D eigenvalue weighted by atomic mass is 19.1. The van der Waals surface area contributed by atoms with Gasteiger partial charge in [-0.1, -0.05) is 0 Å². The number of rotatable bonds is 4. The van der Waals surface area contributed by atoms with E-state index < -0.39 is 12.1 Å². The van der Waals surface area contributed by atoms with Crippen LogP contribution in [-0.2, 0) is 4.74 Å². The minimum absolute atomic E-state index is 0.143. The number of nitrogens with zero attached hydrogens (tertiary/aromatic N) is 2. The maximum atomic E-state index is 13.6. The number of carboxylic acid groups (broad SMARTS) is 1. The summed E-state index contributed by atoms with van der Waals surface area (Å²) in [5.74, 6) is 0.268. The van der Waals surface area contributed by atoms with Crippen LogP contribution >= 0.6 is 0 Å². The maximum absolute atomic E-state index is 13.6. The molecule has 0 bridgehead atoms. The predicted molar refractivity (Wildman–Crippen MR) is 78.3 cm³/mol. The fraction of sp³-hybridized carbons (Fsp3) is 0.467. The molecule has 1 amide bonds. The summed E-state index contributed by atoms with van der Waals surface area (Å²) >= 11 is 0. The molecular weight excluding hydrogens is 289 g/mol. The van der Waals surface area contributed by atoms with E-state index in [1.54, 1.807) is 20.1 Å². The molecule has 7 heteroatoms. The van der Waals surface area contributed by atoms with Crippen molar-refractivity contribution in [3.05, 3.63) is 29.8 Å². The number of nitrogens with one attached hydrogen (secondary N) is 1. The van der Waals surface area contributed by atoms with Crippen LogP contribution in [0, 0.1) is 5.82 Å². The van der Waals surface area contributed by atoms with E-state index >= 15 is 0 Å². The van der Waals surface area contributed by atoms with Gasteiger partial charge in [-0.05, 0) is 38.0 Å². The zero-order chi connectivity index (χ0) is 15.9. The number of imidazole rings is 1. The molecule has 6 nitrogen and oxygen atoms in total. The van der Waals surface area contributed by atoms with Gasteiger partial charge in [-0.15, -0.1) is 0 Å². The molecule has 0 aliphatic heterocycles. The maximum Gasteiger partial charge on any atom is 0.405 e. The van der Waals surface area contributed by atoms with Gasteiger partial charge in [0.15, 0.2) is 0 Å². The van der Waals surface area contributed by atoms with E-state index in [2.05, 4.69) is 10.3 Å². The molecule has 1 atom stereocenters. The highest BCUT2D eigenvalue weighted by molar-refractivity contribution is 5.76. The van der Waals surface area contributed by atoms with Gasteiger partial charge in [0.2, 0.25) is 0 Å². The molecule has 0 unspecified atom stereocenters. The molecule has 2 N–H and O–H groups in total. The van der Waals surface area contributed by atoms with Gasteiger partial charge in [-0.3, -0.25) is 0 Å². The topological polar surface area (TPSA) is 76.4 Å². The van der Waals surface area contributed by atoms with E-state index in [1.807, 2.05) is 4.57 Å². The Kier molecular flexibility index (Phi) is 3.74. The summed E-state index contributed by atoms with van der Waals surface area (Å²) in [5.41, 5.74) is 1.35. The fourth-order valence-electron chi connectivity index (χ4n) is 2.96. The Balaban J connectivity index is 2.04. The largest absolute Gasteiger partial charge is 0.465 e. The van der Waals surface area contributed by atoms with Crippen LogP contribution < -0.4 is 5.32 Å². The minimum Gasteiger partial charge on any atom is -0.465 e. The van der Waals surface area contributed by atoms with Gasteiger partial charge in [-0.2, -0.15) is 0 Å². The van der Waals surface area contributed by atoms with Crippen LogP contribution in [0.25, 0.3) is 11.0 Å². The Morgan fingerprint density at radius 2 is 2.27 bits per heavy atom. The quantitative estimate of drug-likeness (QED) is 0.910. The second-order valence-corrected chi connectivity index (χ2v) is 5.63. The van der Waals surface area contributed by atoms with Crippen molar-refractivity contribution in [1.82, 2.24) is 14.9 Å². The van der Waals surface area contributed by atoms with Crippen LogP contribution in [0.2, 0.25) is 0 Å². The van der Waals surface area contributed by atoms with Crippen LogP contribution in [0.15, 0.2) is 18.2 Å². The van der Waals surface area contributed by atoms with Crippen LogP contribution in [-0.4, -0.2) is 34.0 Å². The van der Waals surface area contributed by atoms with E-state index in [9.17, 15) is 9.18 Å². The van der Waals surface area contributed by atoms with E-state index in [0.717, 1.165) is 12.8 Å². The summed E-state index contributed by atoms with van der Waals surface area (Å²) in [7, 11) is 1.67. The van der Waals surface area contributed by atoms with Crippen molar-refractivity contribution < 1.29 is 19.0 Å². The number of aromatic nitrogens is 2. The number of methoxy groups -OCH3 is 1. The normalized spacial score (nSPS) is 22.3. The summed E-state index contributed by atoms with van der Waals surface area (Å²) in [6, 6.07) is 4.08. The lowest BCUT2D eigenvalue weighted by Gasteiger charge is -2.36. The third-order valence-corrected chi connectivity index (χ3v) is 4.17. The van der Waals surface area contributed by atoms with Crippen molar-refractivity contribution in [2.24, 2.45) is 0 Å². The lowest BCUT2D eigenvalue weighted by Crippen LogP contribution is -2.35. The van der Waals surface area contributed by atoms with Crippen molar-refractivity contribution in [3.8, 4) is 0 Å². The smallest absolute Gasteiger partial charge is 0.405 e. The molecule has 0 saturated heterocycles. The molecule has 1 heterocycles. The van der Waals surface area contributed by atoms with E-state index in [-0.39, 0.29) is 18.0 Å². The average Bonchev–Trinajstić information content (AvgIpc) is 2.76. The van der Waals surface area contributed by atoms with Crippen LogP contribution in [0.5, 0.6) is 0 Å². The number of hydrogen-bond donors (Lipinski definition) is 2. The van der Waals surface area contributed by atoms with Crippen molar-refractivity contribution in [2.75, 3.05) is 7.11 Å². The summed E-state index contributed by atoms with van der Waals surface area (Å²) in [4.78, 5) is 15.4. The van der Waals surface area contributed by atoms with E-state index in [0.29, 0.717) is 16.9 Å². The SMILES string of the molecule is COC1CC(n2c([C@H](C)NC(=O)O)nc3ccc(F)cc32)C1. The molecule has 0 spiro atoms. The lowest BCUT2D eigenvalue weighted by molar-refractivity contribution is 0.00621. The number of carbonyl (C=O) groups is 1. The Labute approximate surface area is 126 Å². The molecule has 1 aromatic heterocycles. The second kappa shape index (κ2) is 5.57. The summed E-state index contributed by atoms with van der Waals surface area (Å²) < 4.78 is 20.8. The van der Waals surface area contributed by atoms with Gasteiger partial charge < -0.3 is 19.7 Å². The van der Waals surface area contributed by atoms with Gasteiger partial charge in [0.1, 0.15) is 11.6 Å². The van der Waals surface area contributed by atoms with E-state index in [1.165, 1.54) is 12.1 Å². The summed E-state index contributed by atoms with van der Waals surface area (Å²) in [5, 5.41) is 11.3. The average molecular weight is 307 g/mol. The zero-order valence-corrected chi connectivity index (χ0v) is 12.4. The summed E-state index contributed by atoms with van der Waals surface area (Å²) in [6.45, 7) is 1.73. The fourth-order valence-corrected chi connectivity index (χ4v) is 2.96. The van der Waals surface area contributed by atoms with Crippen molar-refractivity contribution >= 4 is 17.1 Å². The first-order chi connectivity index (χ1) is 10.5. The Morgan fingerprint density at radius 3 is 2.91 bits per heavy atom. The molecule has 118 valence electrons. The van der Waals surface area contributed by atoms with Crippen LogP contribution in [0.3, 0.4) is 0 Å². The van der Waals surface area contributed by atoms with Crippen molar-refractivity contribution in [2.45, 2.75) is 38.0 Å². The molecule has 2 aromatic rings. The van der Waals surface area contributed by atoms with E-state index in [4.69, 9.17) is 9.84 Å². The number of hydrogen-bond acceptors (Lipinski definition) is 3. The molecule has 3 rings (SSSR count). The Morgan fingerprint density at radius 1 is 1.55 bits per heavy atom. The standard InChI is InChI=1S/C15H18FN3O3/c1-8(17-15(20)21)14-18-12-4-3-9(16)5-13(12)19(14)10-6-11(7-10)22-2/h3-5,8,10-11,17H,6-7H2,1-2H3,(H,20,21)/t8-,10?,11?/m0/s1. The second-order valence-electron chi connectivity index (χ2n) is 5.63. The minimum atomic E-state index is -1.11. The molecule has 22 heavy (non-hydrogen) atoms. The number of amides is 1. The number of fused-ring (bicyclic) bond motifs is 1. The molecule has 1 fully saturated rings. The highest BCUT2D eigenvalue weighted by Crippen LogP contribution is 2.38. The molecule has 1 aliphatic rings. The predicted octanol–water partition coefficient (Wildman–Crippen LogP) is 2.85. The van der Waals surface area contributed by atoms with Gasteiger partial charge in [0.25, 0.3) is 0 Å². The molecule has 1 saturated carbocycles. The number of ether oxygens (including phenoxy) is 1. The highest BCUT2D eigenvalue weighted by Gasteiger charge is 2.34. The molecule has 1 aromatic carbocycles. The lowest BCUT2D eigenvalue weighted by atomic mass is 9.88. The molecule has 0 radical (unpaired) electrons. The number of halogens is 1. The Hall–Kier alpha value is -2.15. The third kappa shape index (κ3) is 2.52. The van der Waals surface area contributed by atoms with Gasteiger partial charge in [0.05, 0.1) is 23.2 Å². The monoisotopic (exact) mass is 307 g/mol. The molecule has 1 aliphatic carbocycles. The third-order valence-electron chi connectivity index (χ3n) is 4.17.